The Morgan fingerprint density at radius 3 is 1.05 bits per heavy atom. The summed E-state index contributed by atoms with van der Waals surface area (Å²) in [7, 11) is -8.89. The second-order valence-electron chi connectivity index (χ2n) is 8.42. The van der Waals surface area contributed by atoms with E-state index < -0.39 is 54.4 Å². The van der Waals surface area contributed by atoms with Crippen LogP contribution < -0.4 is 0 Å². The van der Waals surface area contributed by atoms with Gasteiger partial charge in [-0.25, -0.2) is 25.6 Å². The van der Waals surface area contributed by atoms with E-state index in [9.17, 15) is 30.4 Å². The monoisotopic (exact) mass is 552 g/mol. The summed E-state index contributed by atoms with van der Waals surface area (Å²) in [6.07, 6.45) is 0. The van der Waals surface area contributed by atoms with Crippen LogP contribution >= 0.6 is 10.3 Å². The van der Waals surface area contributed by atoms with Gasteiger partial charge in [0.25, 0.3) is 0 Å². The Kier molecular flexibility index (Phi) is 7.20. The molecule has 0 bridgehead atoms. The van der Waals surface area contributed by atoms with Gasteiger partial charge < -0.3 is 0 Å². The molecule has 0 aromatic heterocycles. The molecule has 0 heterocycles. The molecule has 0 aliphatic heterocycles. The highest BCUT2D eigenvalue weighted by molar-refractivity contribution is 8.33. The third kappa shape index (κ3) is 4.76. The standard InChI is InChI=1S/C27H21F5O3S2/c1-16-4-10-19(11-5-16)36(20-12-6-17(2)7-13-20,21-14-8-18(3)9-15-21)35-37(33,34)27-25(31)23(29)22(28)24(30)26(27)32/h4-15H,1-3H3. The van der Waals surface area contributed by atoms with Crippen LogP contribution in [-0.4, -0.2) is 8.42 Å². The van der Waals surface area contributed by atoms with Gasteiger partial charge in [-0.05, 0) is 67.5 Å². The Balaban J connectivity index is 2.09. The molecule has 37 heavy (non-hydrogen) atoms. The number of halogens is 5. The molecule has 0 fully saturated rings. The van der Waals surface area contributed by atoms with Crippen LogP contribution in [0.5, 0.6) is 0 Å². The smallest absolute Gasteiger partial charge is 0.203 e. The number of aryl methyl sites for hydroxylation is 3. The maximum absolute atomic E-state index is 14.7. The lowest BCUT2D eigenvalue weighted by atomic mass is 10.2. The minimum atomic E-state index is -5.58. The van der Waals surface area contributed by atoms with Crippen LogP contribution in [-0.2, 0) is 13.7 Å². The van der Waals surface area contributed by atoms with Gasteiger partial charge in [-0.15, -0.1) is 0 Å². The maximum atomic E-state index is 14.7. The molecule has 4 aromatic rings. The highest BCUT2D eigenvalue weighted by Crippen LogP contribution is 2.70. The van der Waals surface area contributed by atoms with Gasteiger partial charge in [-0.1, -0.05) is 53.1 Å². The molecule has 0 radical (unpaired) electrons. The van der Waals surface area contributed by atoms with Gasteiger partial charge in [0.15, 0.2) is 28.2 Å². The number of hydrogen-bond acceptors (Lipinski definition) is 3. The van der Waals surface area contributed by atoms with Crippen LogP contribution in [0.15, 0.2) is 92.4 Å². The predicted octanol–water partition coefficient (Wildman–Crippen LogP) is 7.91. The van der Waals surface area contributed by atoms with E-state index in [1.165, 1.54) is 0 Å². The molecular formula is C27H21F5O3S2. The van der Waals surface area contributed by atoms with Crippen LogP contribution in [0, 0.1) is 49.9 Å². The van der Waals surface area contributed by atoms with Crippen LogP contribution in [0.4, 0.5) is 22.0 Å². The molecule has 0 saturated heterocycles. The highest BCUT2D eigenvalue weighted by Gasteiger charge is 2.42. The SMILES string of the molecule is Cc1ccc(S(OS(=O)(=O)c2c(F)c(F)c(F)c(F)c2F)(c2ccc(C)cc2)c2ccc(C)cc2)cc1. The first-order chi connectivity index (χ1) is 17.4. The molecule has 0 aliphatic rings. The van der Waals surface area contributed by atoms with Crippen LogP contribution in [0.2, 0.25) is 0 Å². The lowest BCUT2D eigenvalue weighted by Crippen LogP contribution is -2.19. The summed E-state index contributed by atoms with van der Waals surface area (Å²) in [6, 6.07) is 19.9. The first-order valence-corrected chi connectivity index (χ1v) is 13.9. The summed E-state index contributed by atoms with van der Waals surface area (Å²) >= 11 is 0. The second kappa shape index (κ2) is 9.92. The first-order valence-electron chi connectivity index (χ1n) is 10.9. The van der Waals surface area contributed by atoms with Crippen molar-refractivity contribution in [2.75, 3.05) is 0 Å². The molecule has 4 rings (SSSR count). The lowest BCUT2D eigenvalue weighted by molar-refractivity contribution is 0.354. The van der Waals surface area contributed by atoms with Gasteiger partial charge in [0.2, 0.25) is 5.82 Å². The van der Waals surface area contributed by atoms with Crippen molar-refractivity contribution in [1.82, 2.24) is 0 Å². The Morgan fingerprint density at radius 2 is 0.757 bits per heavy atom. The van der Waals surface area contributed by atoms with Gasteiger partial charge in [0, 0.05) is 14.7 Å². The number of hydrogen-bond donors (Lipinski definition) is 0. The number of rotatable bonds is 6. The van der Waals surface area contributed by atoms with E-state index in [2.05, 4.69) is 0 Å². The Hall–Kier alpha value is -3.21. The average Bonchev–Trinajstić information content (AvgIpc) is 2.86. The molecule has 10 heteroatoms. The van der Waals surface area contributed by atoms with E-state index >= 15 is 0 Å². The van der Waals surface area contributed by atoms with Gasteiger partial charge in [0.1, 0.15) is 0 Å². The van der Waals surface area contributed by atoms with E-state index in [0.717, 1.165) is 16.7 Å². The Morgan fingerprint density at radius 1 is 0.486 bits per heavy atom. The minimum Gasteiger partial charge on any atom is -0.203 e. The maximum Gasteiger partial charge on any atom is 0.313 e. The zero-order valence-electron chi connectivity index (χ0n) is 19.9. The van der Waals surface area contributed by atoms with E-state index in [1.54, 1.807) is 72.8 Å². The molecule has 0 amide bonds. The van der Waals surface area contributed by atoms with Crippen molar-refractivity contribution in [2.24, 2.45) is 0 Å². The molecule has 0 atom stereocenters. The molecule has 0 spiro atoms. The molecule has 0 unspecified atom stereocenters. The van der Waals surface area contributed by atoms with E-state index in [0.29, 0.717) is 14.7 Å². The normalized spacial score (nSPS) is 12.5. The van der Waals surface area contributed by atoms with Gasteiger partial charge in [-0.3, -0.25) is 0 Å². The van der Waals surface area contributed by atoms with Gasteiger partial charge in [-0.2, -0.15) is 8.42 Å². The van der Waals surface area contributed by atoms with Crippen LogP contribution in [0.3, 0.4) is 0 Å². The van der Waals surface area contributed by atoms with Crippen LogP contribution in [0.25, 0.3) is 0 Å². The zero-order valence-corrected chi connectivity index (χ0v) is 21.5. The topological polar surface area (TPSA) is 43.4 Å². The summed E-state index contributed by atoms with van der Waals surface area (Å²) in [5.74, 6) is -12.2. The van der Waals surface area contributed by atoms with Gasteiger partial charge >= 0.3 is 10.1 Å². The Labute approximate surface area is 213 Å². The van der Waals surface area contributed by atoms with E-state index in [-0.39, 0.29) is 0 Å². The fourth-order valence-electron chi connectivity index (χ4n) is 3.69. The van der Waals surface area contributed by atoms with E-state index in [4.69, 9.17) is 3.63 Å². The van der Waals surface area contributed by atoms with Crippen molar-refractivity contribution < 1.29 is 34.0 Å². The van der Waals surface area contributed by atoms with Crippen LogP contribution in [0.1, 0.15) is 16.7 Å². The van der Waals surface area contributed by atoms with Crippen molar-refractivity contribution in [1.29, 1.82) is 0 Å². The summed E-state index contributed by atoms with van der Waals surface area (Å²) in [4.78, 5) is -1.05. The molecule has 0 N–H and O–H groups in total. The third-order valence-corrected chi connectivity index (χ3v) is 10.9. The zero-order chi connectivity index (χ0) is 27.1. The molecular weight excluding hydrogens is 531 g/mol. The highest BCUT2D eigenvalue weighted by atomic mass is 32.3. The van der Waals surface area contributed by atoms with Crippen molar-refractivity contribution in [2.45, 2.75) is 40.4 Å². The van der Waals surface area contributed by atoms with Crippen molar-refractivity contribution in [3.05, 3.63) is 119 Å². The van der Waals surface area contributed by atoms with Crippen molar-refractivity contribution in [3.8, 4) is 0 Å². The first kappa shape index (κ1) is 26.8. The lowest BCUT2D eigenvalue weighted by Gasteiger charge is -2.39. The van der Waals surface area contributed by atoms with E-state index in [1.807, 2.05) is 20.8 Å². The van der Waals surface area contributed by atoms with Gasteiger partial charge in [0.05, 0.1) is 0 Å². The molecule has 0 aliphatic carbocycles. The summed E-state index contributed by atoms with van der Waals surface area (Å²) in [5, 5.41) is 0. The average molecular weight is 553 g/mol. The fourth-order valence-corrected chi connectivity index (χ4v) is 8.97. The molecule has 4 aromatic carbocycles. The quantitative estimate of drug-likeness (QED) is 0.139. The summed E-state index contributed by atoms with van der Waals surface area (Å²) in [5.41, 5.74) is 2.52. The fraction of sp³-hybridized carbons (Fsp3) is 0.111. The molecule has 194 valence electrons. The third-order valence-electron chi connectivity index (χ3n) is 5.67. The van der Waals surface area contributed by atoms with Crippen molar-refractivity contribution in [3.63, 3.8) is 0 Å². The minimum absolute atomic E-state index is 0.332. The largest absolute Gasteiger partial charge is 0.313 e. The predicted molar refractivity (Wildman–Crippen MR) is 130 cm³/mol. The summed E-state index contributed by atoms with van der Waals surface area (Å²) in [6.45, 7) is 5.43. The second-order valence-corrected chi connectivity index (χ2v) is 12.8. The molecule has 0 saturated carbocycles. The Bertz CT molecular complexity index is 1430. The molecule has 3 nitrogen and oxygen atoms in total. The van der Waals surface area contributed by atoms with Crippen molar-refractivity contribution >= 4 is 20.4 Å². The number of benzene rings is 4. The summed E-state index contributed by atoms with van der Waals surface area (Å²) < 4.78 is 104.